The Labute approximate surface area is 175 Å². The molecular weight excluding hydrogens is 340 g/mol. The minimum Gasteiger partial charge on any atom is -0.330 e. The van der Waals surface area contributed by atoms with Crippen LogP contribution in [-0.4, -0.2) is 19.1 Å². The third-order valence-corrected chi connectivity index (χ3v) is 10.6. The highest BCUT2D eigenvalue weighted by atomic mass is 14.9. The maximum absolute atomic E-state index is 5.78. The van der Waals surface area contributed by atoms with E-state index in [0.29, 0.717) is 10.8 Å². The third kappa shape index (κ3) is 3.82. The summed E-state index contributed by atoms with van der Waals surface area (Å²) < 4.78 is 0. The molecule has 162 valence electrons. The molecule has 3 N–H and O–H groups in total. The van der Waals surface area contributed by atoms with Gasteiger partial charge in [-0.2, -0.15) is 0 Å². The summed E-state index contributed by atoms with van der Waals surface area (Å²) in [7, 11) is 0. The van der Waals surface area contributed by atoms with Crippen molar-refractivity contribution in [3.8, 4) is 0 Å². The van der Waals surface area contributed by atoms with E-state index in [4.69, 9.17) is 5.73 Å². The van der Waals surface area contributed by atoms with Crippen LogP contribution in [0, 0.1) is 46.3 Å². The largest absolute Gasteiger partial charge is 0.330 e. The Morgan fingerprint density at radius 1 is 0.821 bits per heavy atom. The van der Waals surface area contributed by atoms with Gasteiger partial charge in [0.1, 0.15) is 0 Å². The molecule has 0 aromatic heterocycles. The number of hydrogen-bond donors (Lipinski definition) is 2. The first-order chi connectivity index (χ1) is 13.3. The molecular formula is C26H48N2. The minimum atomic E-state index is 0.595. The zero-order chi connectivity index (χ0) is 19.9. The molecule has 4 aliphatic carbocycles. The highest BCUT2D eigenvalue weighted by molar-refractivity contribution is 5.03. The quantitative estimate of drug-likeness (QED) is 0.450. The van der Waals surface area contributed by atoms with Crippen LogP contribution in [0.1, 0.15) is 98.3 Å². The summed E-state index contributed by atoms with van der Waals surface area (Å²) >= 11 is 0. The molecule has 4 aliphatic rings. The van der Waals surface area contributed by atoms with Crippen LogP contribution < -0.4 is 11.1 Å². The van der Waals surface area contributed by atoms with Gasteiger partial charge in [-0.1, -0.05) is 27.7 Å². The van der Waals surface area contributed by atoms with Crippen molar-refractivity contribution in [2.24, 2.45) is 52.1 Å². The normalized spacial score (nSPS) is 41.0. The Morgan fingerprint density at radius 3 is 1.71 bits per heavy atom. The van der Waals surface area contributed by atoms with E-state index in [0.717, 1.165) is 61.1 Å². The Hall–Kier alpha value is -0.0800. The van der Waals surface area contributed by atoms with Gasteiger partial charge in [0.15, 0.2) is 0 Å². The van der Waals surface area contributed by atoms with Crippen molar-refractivity contribution >= 4 is 0 Å². The van der Waals surface area contributed by atoms with Gasteiger partial charge >= 0.3 is 0 Å². The number of nitrogens with two attached hydrogens (primary N) is 1. The summed E-state index contributed by atoms with van der Waals surface area (Å²) in [5.74, 6) is 6.05. The van der Waals surface area contributed by atoms with E-state index in [9.17, 15) is 0 Å². The molecule has 0 spiro atoms. The molecule has 6 atom stereocenters. The zero-order valence-corrected chi connectivity index (χ0v) is 19.3. The van der Waals surface area contributed by atoms with E-state index >= 15 is 0 Å². The summed E-state index contributed by atoms with van der Waals surface area (Å²) in [5, 5.41) is 3.93. The zero-order valence-electron chi connectivity index (χ0n) is 19.3. The van der Waals surface area contributed by atoms with Gasteiger partial charge in [-0.15, -0.1) is 0 Å². The van der Waals surface area contributed by atoms with Gasteiger partial charge in [0.2, 0.25) is 0 Å². The standard InChI is InChI=1S/C26H48N2/c1-25(2)20-8-6-18(16-20)23(25)12-10-22(28-15-5-14-27)11-13-24-19-7-9-21(17-19)26(24,3)4/h18-24,28H,5-17,27H2,1-4H3. The maximum Gasteiger partial charge on any atom is 0.00672 e. The van der Waals surface area contributed by atoms with E-state index in [1.54, 1.807) is 0 Å². The van der Waals surface area contributed by atoms with Gasteiger partial charge in [-0.25, -0.2) is 0 Å². The van der Waals surface area contributed by atoms with Crippen LogP contribution in [0.25, 0.3) is 0 Å². The van der Waals surface area contributed by atoms with Crippen molar-refractivity contribution in [1.82, 2.24) is 5.32 Å². The van der Waals surface area contributed by atoms with Gasteiger partial charge in [-0.3, -0.25) is 0 Å². The highest BCUT2D eigenvalue weighted by Gasteiger charge is 2.53. The average molecular weight is 389 g/mol. The van der Waals surface area contributed by atoms with E-state index in [1.807, 2.05) is 0 Å². The third-order valence-electron chi connectivity index (χ3n) is 10.6. The lowest BCUT2D eigenvalue weighted by molar-refractivity contribution is 0.0996. The maximum atomic E-state index is 5.78. The summed E-state index contributed by atoms with van der Waals surface area (Å²) in [6, 6.07) is 0.719. The van der Waals surface area contributed by atoms with Gasteiger partial charge in [-0.05, 0) is 130 Å². The number of rotatable bonds is 10. The Morgan fingerprint density at radius 2 is 1.32 bits per heavy atom. The Bertz CT molecular complexity index is 483. The van der Waals surface area contributed by atoms with Gasteiger partial charge < -0.3 is 11.1 Å². The first-order valence-electron chi connectivity index (χ1n) is 12.8. The predicted octanol–water partition coefficient (Wildman–Crippen LogP) is 6.00. The van der Waals surface area contributed by atoms with Crippen LogP contribution in [0.3, 0.4) is 0 Å². The molecule has 4 rings (SSSR count). The SMILES string of the molecule is CC1(C)C2CCC(C2)C1CCC(CCC1C2CCC(C2)C1(C)C)NCCCN. The molecule has 6 unspecified atom stereocenters. The molecule has 4 saturated carbocycles. The number of fused-ring (bicyclic) bond motifs is 4. The van der Waals surface area contributed by atoms with E-state index in [-0.39, 0.29) is 0 Å². The first kappa shape index (κ1) is 21.2. The monoisotopic (exact) mass is 388 g/mol. The summed E-state index contributed by atoms with van der Waals surface area (Å²) in [6.45, 7) is 12.2. The molecule has 2 nitrogen and oxygen atoms in total. The van der Waals surface area contributed by atoms with Crippen molar-refractivity contribution in [1.29, 1.82) is 0 Å². The van der Waals surface area contributed by atoms with Crippen LogP contribution in [0.2, 0.25) is 0 Å². The average Bonchev–Trinajstić information content (AvgIpc) is 3.38. The highest BCUT2D eigenvalue weighted by Crippen LogP contribution is 2.62. The predicted molar refractivity (Wildman–Crippen MR) is 120 cm³/mol. The second kappa shape index (κ2) is 8.22. The van der Waals surface area contributed by atoms with Gasteiger partial charge in [0, 0.05) is 6.04 Å². The van der Waals surface area contributed by atoms with Crippen LogP contribution >= 0.6 is 0 Å². The smallest absolute Gasteiger partial charge is 0.00672 e. The van der Waals surface area contributed by atoms with Crippen molar-refractivity contribution in [2.75, 3.05) is 13.1 Å². The molecule has 28 heavy (non-hydrogen) atoms. The second-order valence-corrected chi connectivity index (χ2v) is 12.3. The summed E-state index contributed by atoms with van der Waals surface area (Å²) in [4.78, 5) is 0. The lowest BCUT2D eigenvalue weighted by Crippen LogP contribution is -2.36. The lowest BCUT2D eigenvalue weighted by Gasteiger charge is -2.40. The van der Waals surface area contributed by atoms with Gasteiger partial charge in [0.25, 0.3) is 0 Å². The molecule has 0 saturated heterocycles. The molecule has 4 fully saturated rings. The topological polar surface area (TPSA) is 38.0 Å². The van der Waals surface area contributed by atoms with E-state index in [1.165, 1.54) is 64.2 Å². The van der Waals surface area contributed by atoms with Crippen LogP contribution in [0.4, 0.5) is 0 Å². The fourth-order valence-electron chi connectivity index (χ4n) is 8.67. The lowest BCUT2D eigenvalue weighted by atomic mass is 9.66. The molecule has 0 heterocycles. The molecule has 0 aromatic carbocycles. The van der Waals surface area contributed by atoms with Crippen molar-refractivity contribution in [3.05, 3.63) is 0 Å². The van der Waals surface area contributed by atoms with Crippen LogP contribution in [0.15, 0.2) is 0 Å². The van der Waals surface area contributed by atoms with Crippen LogP contribution in [0.5, 0.6) is 0 Å². The number of hydrogen-bond acceptors (Lipinski definition) is 2. The summed E-state index contributed by atoms with van der Waals surface area (Å²) in [6.07, 6.45) is 15.9. The molecule has 0 amide bonds. The minimum absolute atomic E-state index is 0.595. The fraction of sp³-hybridized carbons (Fsp3) is 1.00. The Kier molecular flexibility index (Phi) is 6.21. The second-order valence-electron chi connectivity index (χ2n) is 12.3. The summed E-state index contributed by atoms with van der Waals surface area (Å²) in [5.41, 5.74) is 6.96. The molecule has 2 heteroatoms. The van der Waals surface area contributed by atoms with Crippen molar-refractivity contribution < 1.29 is 0 Å². The molecule has 0 radical (unpaired) electrons. The van der Waals surface area contributed by atoms with E-state index in [2.05, 4.69) is 33.0 Å². The van der Waals surface area contributed by atoms with E-state index < -0.39 is 0 Å². The molecule has 0 aromatic rings. The molecule has 4 bridgehead atoms. The van der Waals surface area contributed by atoms with Gasteiger partial charge in [0.05, 0.1) is 0 Å². The molecule has 0 aliphatic heterocycles. The van der Waals surface area contributed by atoms with Crippen molar-refractivity contribution in [2.45, 2.75) is 104 Å². The Balaban J connectivity index is 1.32. The van der Waals surface area contributed by atoms with Crippen molar-refractivity contribution in [3.63, 3.8) is 0 Å². The number of nitrogens with one attached hydrogen (secondary N) is 1. The fourth-order valence-corrected chi connectivity index (χ4v) is 8.67. The van der Waals surface area contributed by atoms with Crippen LogP contribution in [-0.2, 0) is 0 Å². The first-order valence-corrected chi connectivity index (χ1v) is 12.8.